The third-order valence-electron chi connectivity index (χ3n) is 3.56. The summed E-state index contributed by atoms with van der Waals surface area (Å²) in [6.45, 7) is 3.71. The van der Waals surface area contributed by atoms with Crippen LogP contribution in [0.1, 0.15) is 17.2 Å². The maximum atomic E-state index is 12.4. The van der Waals surface area contributed by atoms with Gasteiger partial charge in [-0.25, -0.2) is 0 Å². The maximum Gasteiger partial charge on any atom is 0.247 e. The molecular weight excluding hydrogens is 326 g/mol. The molecule has 1 atom stereocenters. The van der Waals surface area contributed by atoms with Gasteiger partial charge >= 0.3 is 0 Å². The van der Waals surface area contributed by atoms with Crippen LogP contribution in [0.3, 0.4) is 0 Å². The van der Waals surface area contributed by atoms with Gasteiger partial charge in [-0.3, -0.25) is 14.6 Å². The number of hydrogen-bond donors (Lipinski definition) is 1. The molecule has 1 aromatic carbocycles. The van der Waals surface area contributed by atoms with Gasteiger partial charge in [-0.2, -0.15) is 0 Å². The Bertz CT molecular complexity index is 734. The van der Waals surface area contributed by atoms with E-state index in [1.807, 2.05) is 18.2 Å². The molecule has 1 N–H and O–H groups in total. The van der Waals surface area contributed by atoms with Gasteiger partial charge in [0.05, 0.1) is 0 Å². The lowest BCUT2D eigenvalue weighted by Crippen LogP contribution is -2.41. The van der Waals surface area contributed by atoms with Gasteiger partial charge in [0.2, 0.25) is 11.8 Å². The average Bonchev–Trinajstić information content (AvgIpc) is 2.62. The molecular formula is C18H18ClN3O2. The molecule has 0 aliphatic carbocycles. The summed E-state index contributed by atoms with van der Waals surface area (Å²) >= 11 is 6.20. The number of rotatable bonds is 6. The van der Waals surface area contributed by atoms with Crippen molar-refractivity contribution in [2.24, 2.45) is 0 Å². The number of pyridine rings is 1. The van der Waals surface area contributed by atoms with Crippen LogP contribution in [0.15, 0.2) is 61.4 Å². The molecule has 2 rings (SSSR count). The molecule has 2 aromatic rings. The van der Waals surface area contributed by atoms with Crippen molar-refractivity contribution in [1.82, 2.24) is 15.2 Å². The van der Waals surface area contributed by atoms with E-state index in [0.717, 1.165) is 5.56 Å². The summed E-state index contributed by atoms with van der Waals surface area (Å²) in [6.07, 6.45) is 4.36. The van der Waals surface area contributed by atoms with E-state index in [1.54, 1.807) is 30.6 Å². The van der Waals surface area contributed by atoms with Crippen molar-refractivity contribution in [3.63, 3.8) is 0 Å². The van der Waals surface area contributed by atoms with Gasteiger partial charge in [0.25, 0.3) is 0 Å². The zero-order valence-electron chi connectivity index (χ0n) is 13.3. The Morgan fingerprint density at radius 3 is 2.67 bits per heavy atom. The van der Waals surface area contributed by atoms with Crippen molar-refractivity contribution < 1.29 is 9.59 Å². The fourth-order valence-corrected chi connectivity index (χ4v) is 2.57. The highest BCUT2D eigenvalue weighted by atomic mass is 35.5. The molecule has 124 valence electrons. The highest BCUT2D eigenvalue weighted by Gasteiger charge is 2.30. The molecule has 24 heavy (non-hydrogen) atoms. The minimum atomic E-state index is -0.828. The molecule has 1 heterocycles. The van der Waals surface area contributed by atoms with Crippen molar-refractivity contribution in [3.8, 4) is 0 Å². The van der Waals surface area contributed by atoms with Gasteiger partial charge < -0.3 is 10.2 Å². The molecule has 0 bridgehead atoms. The van der Waals surface area contributed by atoms with Crippen LogP contribution >= 0.6 is 11.6 Å². The first-order chi connectivity index (χ1) is 11.6. The van der Waals surface area contributed by atoms with Crippen LogP contribution in [0.5, 0.6) is 0 Å². The number of nitrogens with one attached hydrogen (secondary N) is 1. The topological polar surface area (TPSA) is 62.3 Å². The molecule has 5 nitrogen and oxygen atoms in total. The van der Waals surface area contributed by atoms with Gasteiger partial charge in [0, 0.05) is 36.6 Å². The maximum absolute atomic E-state index is 12.4. The molecule has 6 heteroatoms. The summed E-state index contributed by atoms with van der Waals surface area (Å²) in [7, 11) is 1.53. The summed E-state index contributed by atoms with van der Waals surface area (Å²) in [5, 5.41) is 3.12. The lowest BCUT2D eigenvalue weighted by molar-refractivity contribution is -0.137. The predicted molar refractivity (Wildman–Crippen MR) is 93.2 cm³/mol. The Balaban J connectivity index is 2.46. The smallest absolute Gasteiger partial charge is 0.247 e. The van der Waals surface area contributed by atoms with Crippen LogP contribution in [0, 0.1) is 0 Å². The average molecular weight is 344 g/mol. The van der Waals surface area contributed by atoms with Crippen LogP contribution < -0.4 is 5.32 Å². The second kappa shape index (κ2) is 8.26. The molecule has 0 aliphatic rings. The second-order valence-electron chi connectivity index (χ2n) is 5.06. The summed E-state index contributed by atoms with van der Waals surface area (Å²) < 4.78 is 0. The summed E-state index contributed by atoms with van der Waals surface area (Å²) in [4.78, 5) is 30.3. The third-order valence-corrected chi connectivity index (χ3v) is 3.93. The van der Waals surface area contributed by atoms with E-state index in [0.29, 0.717) is 10.6 Å². The van der Waals surface area contributed by atoms with E-state index in [4.69, 9.17) is 11.6 Å². The number of amides is 2. The SMILES string of the molecule is C=CC(=O)N(Cc1ccccc1Cl)C(C(=O)NC)c1cccnc1. The molecule has 0 spiro atoms. The number of aromatic nitrogens is 1. The van der Waals surface area contributed by atoms with Gasteiger partial charge in [0.1, 0.15) is 6.04 Å². The predicted octanol–water partition coefficient (Wildman–Crippen LogP) is 2.74. The number of hydrogen-bond acceptors (Lipinski definition) is 3. The molecule has 0 saturated carbocycles. The summed E-state index contributed by atoms with van der Waals surface area (Å²) in [5.74, 6) is -0.683. The van der Waals surface area contributed by atoms with Gasteiger partial charge in [-0.1, -0.05) is 42.4 Å². The quantitative estimate of drug-likeness (QED) is 0.820. The lowest BCUT2D eigenvalue weighted by Gasteiger charge is -2.30. The molecule has 0 radical (unpaired) electrons. The number of benzene rings is 1. The van der Waals surface area contributed by atoms with E-state index in [1.165, 1.54) is 18.0 Å². The van der Waals surface area contributed by atoms with Crippen LogP contribution in [-0.4, -0.2) is 28.7 Å². The van der Waals surface area contributed by atoms with Crippen LogP contribution in [0.25, 0.3) is 0 Å². The van der Waals surface area contributed by atoms with Crippen molar-refractivity contribution in [2.75, 3.05) is 7.05 Å². The highest BCUT2D eigenvalue weighted by molar-refractivity contribution is 6.31. The Kier molecular flexibility index (Phi) is 6.09. The third kappa shape index (κ3) is 4.00. The molecule has 0 aliphatic heterocycles. The largest absolute Gasteiger partial charge is 0.357 e. The Labute approximate surface area is 146 Å². The van der Waals surface area contributed by atoms with Crippen LogP contribution in [0.4, 0.5) is 0 Å². The van der Waals surface area contributed by atoms with Crippen molar-refractivity contribution in [3.05, 3.63) is 77.6 Å². The fourth-order valence-electron chi connectivity index (χ4n) is 2.37. The zero-order chi connectivity index (χ0) is 17.5. The standard InChI is InChI=1S/C18H18ClN3O2/c1-3-16(23)22(12-14-7-4-5-9-15(14)19)17(18(24)20-2)13-8-6-10-21-11-13/h3-11,17H,1,12H2,2H3,(H,20,24). The first kappa shape index (κ1) is 17.7. The van der Waals surface area contributed by atoms with Gasteiger partial charge in [-0.15, -0.1) is 0 Å². The number of carbonyl (C=O) groups excluding carboxylic acids is 2. The van der Waals surface area contributed by atoms with E-state index in [9.17, 15) is 9.59 Å². The second-order valence-corrected chi connectivity index (χ2v) is 5.47. The first-order valence-corrected chi connectivity index (χ1v) is 7.74. The van der Waals surface area contributed by atoms with Crippen molar-refractivity contribution >= 4 is 23.4 Å². The molecule has 2 amide bonds. The normalized spacial score (nSPS) is 11.4. The van der Waals surface area contributed by atoms with Gasteiger partial charge in [-0.05, 0) is 23.8 Å². The minimum Gasteiger partial charge on any atom is -0.357 e. The van der Waals surface area contributed by atoms with E-state index in [2.05, 4.69) is 16.9 Å². The first-order valence-electron chi connectivity index (χ1n) is 7.36. The van der Waals surface area contributed by atoms with Crippen LogP contribution in [0.2, 0.25) is 5.02 Å². The molecule has 1 aromatic heterocycles. The van der Waals surface area contributed by atoms with Crippen LogP contribution in [-0.2, 0) is 16.1 Å². The Morgan fingerprint density at radius 2 is 2.08 bits per heavy atom. The number of halogens is 1. The Hall–Kier alpha value is -2.66. The summed E-state index contributed by atoms with van der Waals surface area (Å²) in [6, 6.07) is 9.84. The minimum absolute atomic E-state index is 0.178. The van der Waals surface area contributed by atoms with Gasteiger partial charge in [0.15, 0.2) is 0 Å². The molecule has 0 fully saturated rings. The number of carbonyl (C=O) groups is 2. The van der Waals surface area contributed by atoms with E-state index >= 15 is 0 Å². The van der Waals surface area contributed by atoms with E-state index in [-0.39, 0.29) is 18.4 Å². The fraction of sp³-hybridized carbons (Fsp3) is 0.167. The number of nitrogens with zero attached hydrogens (tertiary/aromatic N) is 2. The summed E-state index contributed by atoms with van der Waals surface area (Å²) in [5.41, 5.74) is 1.35. The highest BCUT2D eigenvalue weighted by Crippen LogP contribution is 2.25. The Morgan fingerprint density at radius 1 is 1.33 bits per heavy atom. The molecule has 0 saturated heterocycles. The molecule has 1 unspecified atom stereocenters. The van der Waals surface area contributed by atoms with E-state index < -0.39 is 6.04 Å². The zero-order valence-corrected chi connectivity index (χ0v) is 14.0. The lowest BCUT2D eigenvalue weighted by atomic mass is 10.0. The van der Waals surface area contributed by atoms with Crippen molar-refractivity contribution in [1.29, 1.82) is 0 Å². The monoisotopic (exact) mass is 343 g/mol. The van der Waals surface area contributed by atoms with Crippen molar-refractivity contribution in [2.45, 2.75) is 12.6 Å². The number of likely N-dealkylation sites (N-methyl/N-ethyl adjacent to an activating group) is 1.